The third-order valence-corrected chi connectivity index (χ3v) is 6.20. The van der Waals surface area contributed by atoms with E-state index in [1.165, 1.54) is 11.8 Å². The number of carbonyl (C=O) groups excluding carboxylic acids is 1. The summed E-state index contributed by atoms with van der Waals surface area (Å²) in [5.41, 5.74) is 1.63. The number of aromatic nitrogens is 2. The SMILES string of the molecule is COc1ccc(NC(=O)[C@@H](C)Sc2nc(CN3CCOCC3)nc3ccccc23)cc1. The number of anilines is 1. The molecule has 1 aromatic heterocycles. The third kappa shape index (κ3) is 5.52. The molecule has 1 saturated heterocycles. The molecule has 162 valence electrons. The molecule has 8 heteroatoms. The number of thioether (sulfide) groups is 1. The van der Waals surface area contributed by atoms with E-state index in [1.54, 1.807) is 7.11 Å². The molecular weight excluding hydrogens is 412 g/mol. The Kier molecular flexibility index (Phi) is 7.01. The first-order valence-corrected chi connectivity index (χ1v) is 11.2. The second-order valence-corrected chi connectivity index (χ2v) is 8.66. The first-order valence-electron chi connectivity index (χ1n) is 10.3. The molecule has 0 spiro atoms. The Labute approximate surface area is 186 Å². The highest BCUT2D eigenvalue weighted by Gasteiger charge is 2.19. The number of amides is 1. The molecule has 1 amide bonds. The minimum Gasteiger partial charge on any atom is -0.497 e. The normalized spacial score (nSPS) is 15.5. The molecule has 1 N–H and O–H groups in total. The molecule has 1 fully saturated rings. The predicted octanol–water partition coefficient (Wildman–Crippen LogP) is 3.59. The summed E-state index contributed by atoms with van der Waals surface area (Å²) in [4.78, 5) is 24.6. The lowest BCUT2D eigenvalue weighted by Gasteiger charge is -2.26. The van der Waals surface area contributed by atoms with Crippen molar-refractivity contribution in [3.8, 4) is 5.75 Å². The van der Waals surface area contributed by atoms with Gasteiger partial charge >= 0.3 is 0 Å². The maximum Gasteiger partial charge on any atom is 0.237 e. The zero-order valence-corrected chi connectivity index (χ0v) is 18.5. The van der Waals surface area contributed by atoms with Crippen LogP contribution in [-0.2, 0) is 16.1 Å². The van der Waals surface area contributed by atoms with E-state index in [2.05, 4.69) is 10.2 Å². The number of benzene rings is 2. The highest BCUT2D eigenvalue weighted by atomic mass is 32.2. The van der Waals surface area contributed by atoms with Crippen LogP contribution in [0.4, 0.5) is 5.69 Å². The van der Waals surface area contributed by atoms with Crippen molar-refractivity contribution in [2.75, 3.05) is 38.7 Å². The number of methoxy groups -OCH3 is 1. The molecule has 0 saturated carbocycles. The Morgan fingerprint density at radius 1 is 1.16 bits per heavy atom. The number of hydrogen-bond acceptors (Lipinski definition) is 7. The lowest BCUT2D eigenvalue weighted by Crippen LogP contribution is -2.36. The fourth-order valence-corrected chi connectivity index (χ4v) is 4.31. The predicted molar refractivity (Wildman–Crippen MR) is 123 cm³/mol. The van der Waals surface area contributed by atoms with Crippen molar-refractivity contribution in [2.24, 2.45) is 0 Å². The van der Waals surface area contributed by atoms with Gasteiger partial charge in [-0.05, 0) is 37.3 Å². The van der Waals surface area contributed by atoms with E-state index in [1.807, 2.05) is 55.5 Å². The summed E-state index contributed by atoms with van der Waals surface area (Å²) < 4.78 is 10.6. The van der Waals surface area contributed by atoms with Gasteiger partial charge in [0.05, 0.1) is 37.6 Å². The number of fused-ring (bicyclic) bond motifs is 1. The van der Waals surface area contributed by atoms with Crippen LogP contribution in [0.15, 0.2) is 53.6 Å². The van der Waals surface area contributed by atoms with Crippen LogP contribution in [0.5, 0.6) is 5.75 Å². The molecule has 0 unspecified atom stereocenters. The number of rotatable bonds is 7. The van der Waals surface area contributed by atoms with Crippen LogP contribution in [0.3, 0.4) is 0 Å². The second-order valence-electron chi connectivity index (χ2n) is 7.33. The van der Waals surface area contributed by atoms with Crippen molar-refractivity contribution in [3.63, 3.8) is 0 Å². The molecule has 4 rings (SSSR count). The zero-order valence-electron chi connectivity index (χ0n) is 17.7. The number of hydrogen-bond donors (Lipinski definition) is 1. The van der Waals surface area contributed by atoms with Gasteiger partial charge in [0.25, 0.3) is 0 Å². The number of nitrogens with zero attached hydrogens (tertiary/aromatic N) is 3. The van der Waals surface area contributed by atoms with Crippen molar-refractivity contribution in [3.05, 3.63) is 54.4 Å². The number of morpholine rings is 1. The van der Waals surface area contributed by atoms with E-state index in [9.17, 15) is 4.79 Å². The molecule has 31 heavy (non-hydrogen) atoms. The Bertz CT molecular complexity index is 1040. The van der Waals surface area contributed by atoms with E-state index in [4.69, 9.17) is 19.4 Å². The molecule has 0 radical (unpaired) electrons. The summed E-state index contributed by atoms with van der Waals surface area (Å²) in [6.45, 7) is 5.78. The molecular formula is C23H26N4O3S. The van der Waals surface area contributed by atoms with Crippen molar-refractivity contribution < 1.29 is 14.3 Å². The molecule has 0 bridgehead atoms. The summed E-state index contributed by atoms with van der Waals surface area (Å²) >= 11 is 1.45. The van der Waals surface area contributed by atoms with Crippen LogP contribution in [0.1, 0.15) is 12.7 Å². The van der Waals surface area contributed by atoms with Gasteiger partial charge in [0.15, 0.2) is 0 Å². The Hall–Kier alpha value is -2.68. The fraction of sp³-hybridized carbons (Fsp3) is 0.348. The summed E-state index contributed by atoms with van der Waals surface area (Å²) in [6, 6.07) is 15.2. The lowest BCUT2D eigenvalue weighted by atomic mass is 10.2. The van der Waals surface area contributed by atoms with Gasteiger partial charge in [0, 0.05) is 24.2 Å². The van der Waals surface area contributed by atoms with Crippen LogP contribution in [0.25, 0.3) is 10.9 Å². The van der Waals surface area contributed by atoms with E-state index >= 15 is 0 Å². The van der Waals surface area contributed by atoms with Gasteiger partial charge in [-0.2, -0.15) is 0 Å². The highest BCUT2D eigenvalue weighted by Crippen LogP contribution is 2.29. The quantitative estimate of drug-likeness (QED) is 0.446. The van der Waals surface area contributed by atoms with E-state index < -0.39 is 0 Å². The fourth-order valence-electron chi connectivity index (χ4n) is 3.35. The molecule has 2 aromatic carbocycles. The zero-order chi connectivity index (χ0) is 21.6. The molecule has 0 aliphatic carbocycles. The standard InChI is InChI=1S/C23H26N4O3S/c1-16(22(28)24-17-7-9-18(29-2)10-8-17)31-23-19-5-3-4-6-20(19)25-21(26-23)15-27-11-13-30-14-12-27/h3-10,16H,11-15H2,1-2H3,(H,24,28)/t16-/m1/s1. The number of nitrogens with one attached hydrogen (secondary N) is 1. The van der Waals surface area contributed by atoms with E-state index in [0.717, 1.165) is 59.5 Å². The van der Waals surface area contributed by atoms with Crippen LogP contribution in [-0.4, -0.2) is 59.4 Å². The van der Waals surface area contributed by atoms with Gasteiger partial charge in [-0.15, -0.1) is 0 Å². The minimum atomic E-state index is -0.323. The van der Waals surface area contributed by atoms with Crippen LogP contribution in [0.2, 0.25) is 0 Å². The molecule has 2 heterocycles. The minimum absolute atomic E-state index is 0.0763. The first kappa shape index (κ1) is 21.5. The summed E-state index contributed by atoms with van der Waals surface area (Å²) in [5.74, 6) is 1.44. The van der Waals surface area contributed by atoms with Gasteiger partial charge < -0.3 is 14.8 Å². The van der Waals surface area contributed by atoms with Crippen LogP contribution >= 0.6 is 11.8 Å². The van der Waals surface area contributed by atoms with Crippen LogP contribution in [0, 0.1) is 0 Å². The maximum atomic E-state index is 12.8. The maximum absolute atomic E-state index is 12.8. The Balaban J connectivity index is 1.50. The van der Waals surface area contributed by atoms with Crippen molar-refractivity contribution in [2.45, 2.75) is 23.7 Å². The second kappa shape index (κ2) is 10.1. The lowest BCUT2D eigenvalue weighted by molar-refractivity contribution is -0.115. The van der Waals surface area contributed by atoms with Crippen molar-refractivity contribution in [1.82, 2.24) is 14.9 Å². The number of para-hydroxylation sites is 1. The topological polar surface area (TPSA) is 76.6 Å². The average Bonchev–Trinajstić information content (AvgIpc) is 2.80. The van der Waals surface area contributed by atoms with Gasteiger partial charge in [0.1, 0.15) is 16.6 Å². The van der Waals surface area contributed by atoms with Crippen LogP contribution < -0.4 is 10.1 Å². The third-order valence-electron chi connectivity index (χ3n) is 5.10. The molecule has 3 aromatic rings. The molecule has 7 nitrogen and oxygen atoms in total. The first-order chi connectivity index (χ1) is 15.1. The van der Waals surface area contributed by atoms with Gasteiger partial charge in [-0.1, -0.05) is 30.0 Å². The van der Waals surface area contributed by atoms with Crippen molar-refractivity contribution >= 4 is 34.3 Å². The number of carbonyl (C=O) groups is 1. The summed E-state index contributed by atoms with van der Waals surface area (Å²) in [6.07, 6.45) is 0. The average molecular weight is 439 g/mol. The molecule has 1 aliphatic heterocycles. The summed E-state index contributed by atoms with van der Waals surface area (Å²) in [7, 11) is 1.62. The molecule has 1 atom stereocenters. The monoisotopic (exact) mass is 438 g/mol. The Morgan fingerprint density at radius 2 is 1.90 bits per heavy atom. The van der Waals surface area contributed by atoms with Crippen molar-refractivity contribution in [1.29, 1.82) is 0 Å². The van der Waals surface area contributed by atoms with E-state index in [-0.39, 0.29) is 11.2 Å². The smallest absolute Gasteiger partial charge is 0.237 e. The largest absolute Gasteiger partial charge is 0.497 e. The summed E-state index contributed by atoms with van der Waals surface area (Å²) in [5, 5.41) is 4.42. The van der Waals surface area contributed by atoms with Gasteiger partial charge in [-0.3, -0.25) is 9.69 Å². The highest BCUT2D eigenvalue weighted by molar-refractivity contribution is 8.00. The molecule has 1 aliphatic rings. The number of ether oxygens (including phenoxy) is 2. The van der Waals surface area contributed by atoms with Gasteiger partial charge in [0.2, 0.25) is 5.91 Å². The Morgan fingerprint density at radius 3 is 2.65 bits per heavy atom. The van der Waals surface area contributed by atoms with E-state index in [0.29, 0.717) is 6.54 Å². The van der Waals surface area contributed by atoms with Gasteiger partial charge in [-0.25, -0.2) is 9.97 Å².